The van der Waals surface area contributed by atoms with Crippen LogP contribution in [0.4, 0.5) is 0 Å². The Kier molecular flexibility index (Phi) is 4.77. The van der Waals surface area contributed by atoms with Crippen molar-refractivity contribution in [3.8, 4) is 0 Å². The molecule has 11 heavy (non-hydrogen) atoms. The van der Waals surface area contributed by atoms with Gasteiger partial charge in [0.25, 0.3) is 0 Å². The van der Waals surface area contributed by atoms with Crippen molar-refractivity contribution in [1.29, 1.82) is 0 Å². The molecule has 1 N–H and O–H groups in total. The van der Waals surface area contributed by atoms with E-state index >= 15 is 0 Å². The summed E-state index contributed by atoms with van der Waals surface area (Å²) in [5.74, 6) is 0. The minimum absolute atomic E-state index is 0.349. The first kappa shape index (κ1) is 10.4. The van der Waals surface area contributed by atoms with Crippen molar-refractivity contribution in [1.82, 2.24) is 10.2 Å². The van der Waals surface area contributed by atoms with E-state index in [1.807, 2.05) is 32.8 Å². The third kappa shape index (κ3) is 7.25. The molecule has 4 heteroatoms. The second-order valence-electron chi connectivity index (χ2n) is 2.81. The van der Waals surface area contributed by atoms with E-state index < -0.39 is 0 Å². The number of hydrogen-bond acceptors (Lipinski definition) is 1. The molecule has 0 radical (unpaired) electrons. The highest BCUT2D eigenvalue weighted by molar-refractivity contribution is 7.80. The average Bonchev–Trinajstić information content (AvgIpc) is 1.82. The molecule has 0 saturated carbocycles. The van der Waals surface area contributed by atoms with Crippen molar-refractivity contribution in [2.45, 2.75) is 19.9 Å². The number of aliphatic imine (C=N–C) groups is 1. The summed E-state index contributed by atoms with van der Waals surface area (Å²) in [5, 5.41) is 3.54. The van der Waals surface area contributed by atoms with E-state index in [1.165, 1.54) is 0 Å². The zero-order chi connectivity index (χ0) is 8.85. The summed E-state index contributed by atoms with van der Waals surface area (Å²) in [4.78, 5) is 5.83. The van der Waals surface area contributed by atoms with Gasteiger partial charge < -0.3 is 10.2 Å². The third-order valence-electron chi connectivity index (χ3n) is 0.818. The lowest BCUT2D eigenvalue weighted by Gasteiger charge is -2.07. The molecule has 0 fully saturated rings. The Labute approximate surface area is 73.5 Å². The maximum Gasteiger partial charge on any atom is 0.194 e. The van der Waals surface area contributed by atoms with Crippen LogP contribution in [0.25, 0.3) is 0 Å². The van der Waals surface area contributed by atoms with Crippen LogP contribution in [0.3, 0.4) is 0 Å². The van der Waals surface area contributed by atoms with Gasteiger partial charge in [-0.15, -0.1) is 0 Å². The highest BCUT2D eigenvalue weighted by Crippen LogP contribution is 1.80. The van der Waals surface area contributed by atoms with Crippen molar-refractivity contribution in [2.75, 3.05) is 14.1 Å². The van der Waals surface area contributed by atoms with E-state index in [9.17, 15) is 0 Å². The topological polar surface area (TPSA) is 27.6 Å². The van der Waals surface area contributed by atoms with Crippen LogP contribution < -0.4 is 5.32 Å². The lowest BCUT2D eigenvalue weighted by Crippen LogP contribution is -2.27. The Morgan fingerprint density at radius 3 is 2.45 bits per heavy atom. The first-order valence-corrected chi connectivity index (χ1v) is 3.94. The quantitative estimate of drug-likeness (QED) is 0.381. The zero-order valence-electron chi connectivity index (χ0n) is 7.46. The van der Waals surface area contributed by atoms with Crippen LogP contribution in [0.5, 0.6) is 0 Å². The van der Waals surface area contributed by atoms with E-state index in [0.717, 1.165) is 0 Å². The smallest absolute Gasteiger partial charge is 0.194 e. The molecule has 0 atom stereocenters. The SMILES string of the molecule is CC(C)NC(=S)/N=C\N(C)C. The summed E-state index contributed by atoms with van der Waals surface area (Å²) in [7, 11) is 3.81. The number of rotatable bonds is 2. The van der Waals surface area contributed by atoms with Gasteiger partial charge in [-0.25, -0.2) is 4.99 Å². The summed E-state index contributed by atoms with van der Waals surface area (Å²) >= 11 is 4.91. The van der Waals surface area contributed by atoms with Gasteiger partial charge in [0.1, 0.15) is 0 Å². The molecule has 0 rings (SSSR count). The monoisotopic (exact) mass is 173 g/mol. The first-order chi connectivity index (χ1) is 5.02. The van der Waals surface area contributed by atoms with E-state index in [-0.39, 0.29) is 0 Å². The standard InChI is InChI=1S/C7H15N3S/c1-6(2)9-7(11)8-5-10(3)4/h5-6H,1-4H3,(H,9,11)/b8-5-. The van der Waals surface area contributed by atoms with Crippen LogP contribution in [0, 0.1) is 0 Å². The van der Waals surface area contributed by atoms with Crippen LogP contribution in [0.2, 0.25) is 0 Å². The molecule has 0 amide bonds. The molecular formula is C7H15N3S. The summed E-state index contributed by atoms with van der Waals surface area (Å²) in [6.07, 6.45) is 1.68. The molecule has 0 aliphatic carbocycles. The maximum absolute atomic E-state index is 4.91. The fourth-order valence-corrected chi connectivity index (χ4v) is 0.735. The molecule has 0 heterocycles. The van der Waals surface area contributed by atoms with Crippen LogP contribution >= 0.6 is 12.2 Å². The van der Waals surface area contributed by atoms with Crippen molar-refractivity contribution in [2.24, 2.45) is 4.99 Å². The number of nitrogens with one attached hydrogen (secondary N) is 1. The predicted octanol–water partition coefficient (Wildman–Crippen LogP) is 0.859. The van der Waals surface area contributed by atoms with Gasteiger partial charge in [-0.2, -0.15) is 0 Å². The van der Waals surface area contributed by atoms with E-state index in [2.05, 4.69) is 10.3 Å². The van der Waals surface area contributed by atoms with Crippen molar-refractivity contribution >= 4 is 23.7 Å². The molecule has 0 saturated heterocycles. The van der Waals surface area contributed by atoms with Gasteiger partial charge in [0.2, 0.25) is 0 Å². The highest BCUT2D eigenvalue weighted by Gasteiger charge is 1.93. The second-order valence-corrected chi connectivity index (χ2v) is 3.20. The molecule has 0 aromatic heterocycles. The molecule has 0 aliphatic rings. The largest absolute Gasteiger partial charge is 0.369 e. The Balaban J connectivity index is 3.69. The lowest BCUT2D eigenvalue weighted by atomic mass is 10.4. The molecule has 64 valence electrons. The zero-order valence-corrected chi connectivity index (χ0v) is 8.27. The minimum atomic E-state index is 0.349. The summed E-state index contributed by atoms with van der Waals surface area (Å²) in [6.45, 7) is 4.05. The minimum Gasteiger partial charge on any atom is -0.369 e. The Morgan fingerprint density at radius 1 is 1.55 bits per heavy atom. The molecule has 0 bridgehead atoms. The molecule has 3 nitrogen and oxygen atoms in total. The normalized spacial score (nSPS) is 10.6. The third-order valence-corrected chi connectivity index (χ3v) is 1.04. The van der Waals surface area contributed by atoms with Crippen LogP contribution in [0.15, 0.2) is 4.99 Å². The van der Waals surface area contributed by atoms with Crippen LogP contribution in [-0.4, -0.2) is 36.5 Å². The van der Waals surface area contributed by atoms with Crippen molar-refractivity contribution in [3.05, 3.63) is 0 Å². The van der Waals surface area contributed by atoms with Crippen molar-refractivity contribution < 1.29 is 0 Å². The van der Waals surface area contributed by atoms with Crippen LogP contribution in [-0.2, 0) is 0 Å². The second kappa shape index (κ2) is 5.07. The maximum atomic E-state index is 4.91. The van der Waals surface area contributed by atoms with E-state index in [1.54, 1.807) is 6.34 Å². The van der Waals surface area contributed by atoms with Gasteiger partial charge in [-0.05, 0) is 26.1 Å². The van der Waals surface area contributed by atoms with Gasteiger partial charge >= 0.3 is 0 Å². The highest BCUT2D eigenvalue weighted by atomic mass is 32.1. The summed E-state index contributed by atoms with van der Waals surface area (Å²) in [6, 6.07) is 0.349. The molecule has 0 aromatic carbocycles. The average molecular weight is 173 g/mol. The van der Waals surface area contributed by atoms with E-state index in [0.29, 0.717) is 11.2 Å². The van der Waals surface area contributed by atoms with Gasteiger partial charge in [-0.3, -0.25) is 0 Å². The fourth-order valence-electron chi connectivity index (χ4n) is 0.452. The summed E-state index contributed by atoms with van der Waals surface area (Å²) < 4.78 is 0. The Hall–Kier alpha value is -0.640. The first-order valence-electron chi connectivity index (χ1n) is 3.53. The Bertz CT molecular complexity index is 152. The summed E-state index contributed by atoms with van der Waals surface area (Å²) in [5.41, 5.74) is 0. The lowest BCUT2D eigenvalue weighted by molar-refractivity contribution is 0.642. The van der Waals surface area contributed by atoms with Gasteiger partial charge in [0, 0.05) is 20.1 Å². The molecule has 0 aromatic rings. The van der Waals surface area contributed by atoms with Gasteiger partial charge in [0.15, 0.2) is 5.11 Å². The van der Waals surface area contributed by atoms with Crippen LogP contribution in [0.1, 0.15) is 13.8 Å². The van der Waals surface area contributed by atoms with Crippen molar-refractivity contribution in [3.63, 3.8) is 0 Å². The fraction of sp³-hybridized carbons (Fsp3) is 0.714. The number of nitrogens with zero attached hydrogens (tertiary/aromatic N) is 2. The molecular weight excluding hydrogens is 158 g/mol. The van der Waals surface area contributed by atoms with E-state index in [4.69, 9.17) is 12.2 Å². The molecule has 0 spiro atoms. The molecule has 0 unspecified atom stereocenters. The Morgan fingerprint density at radius 2 is 2.09 bits per heavy atom. The number of thiocarbonyl (C=S) groups is 1. The number of hydrogen-bond donors (Lipinski definition) is 1. The molecule has 0 aliphatic heterocycles. The van der Waals surface area contributed by atoms with Gasteiger partial charge in [0.05, 0.1) is 6.34 Å². The predicted molar refractivity (Wildman–Crippen MR) is 53.0 cm³/mol. The van der Waals surface area contributed by atoms with Gasteiger partial charge in [-0.1, -0.05) is 0 Å².